The van der Waals surface area contributed by atoms with Gasteiger partial charge in [0.15, 0.2) is 0 Å². The summed E-state index contributed by atoms with van der Waals surface area (Å²) in [7, 11) is 0. The number of benzene rings is 2. The fraction of sp³-hybridized carbons (Fsp3) is 0. The average Bonchev–Trinajstić information content (AvgIpc) is 3.77. The molecule has 2 N–H and O–H groups in total. The van der Waals surface area contributed by atoms with Crippen molar-refractivity contribution < 1.29 is 9.68 Å². The van der Waals surface area contributed by atoms with E-state index in [2.05, 4.69) is 20.9 Å². The van der Waals surface area contributed by atoms with Gasteiger partial charge in [0.1, 0.15) is 11.4 Å². The molecule has 5 aromatic rings. The van der Waals surface area contributed by atoms with Crippen LogP contribution in [-0.2, 0) is 9.68 Å². The molecule has 0 fully saturated rings. The first-order valence-corrected chi connectivity index (χ1v) is 15.8. The van der Waals surface area contributed by atoms with Gasteiger partial charge in [0.2, 0.25) is 0 Å². The van der Waals surface area contributed by atoms with Crippen molar-refractivity contribution in [2.75, 3.05) is 10.6 Å². The topological polar surface area (TPSA) is 80.1 Å². The van der Waals surface area contributed by atoms with Crippen LogP contribution in [0.2, 0.25) is 0 Å². The minimum absolute atomic E-state index is 0.100. The number of aromatic nitrogens is 1. The summed E-state index contributed by atoms with van der Waals surface area (Å²) in [6.07, 6.45) is 7.54. The molecule has 0 saturated heterocycles. The third-order valence-corrected chi connectivity index (χ3v) is 7.69. The molecule has 0 radical (unpaired) electrons. The van der Waals surface area contributed by atoms with E-state index in [1.807, 2.05) is 138 Å². The molecule has 3 aromatic heterocycles. The number of hydrogen-bond acceptors (Lipinski definition) is 9. The number of allylic oxidation sites excluding steroid dienone is 2. The van der Waals surface area contributed by atoms with Crippen molar-refractivity contribution in [2.24, 2.45) is 10.3 Å². The summed E-state index contributed by atoms with van der Waals surface area (Å²) in [6.45, 7) is 0. The van der Waals surface area contributed by atoms with Crippen LogP contribution in [-0.4, -0.2) is 26.8 Å². The van der Waals surface area contributed by atoms with Crippen LogP contribution < -0.4 is 10.6 Å². The van der Waals surface area contributed by atoms with Gasteiger partial charge in [-0.2, -0.15) is 0 Å². The number of oxime groups is 2. The number of pyridine rings is 1. The SMILES string of the molecule is S=C(Nc1ccccc1)O/N=C(\C=C\c1cccs1)c1cccc(C(/C=C/c2cccs2)=N/OC(=S)Nc2ccccc2)n1. The lowest BCUT2D eigenvalue weighted by Gasteiger charge is -2.08. The Labute approximate surface area is 273 Å². The third kappa shape index (κ3) is 9.61. The number of thiophene rings is 2. The van der Waals surface area contributed by atoms with Crippen molar-refractivity contribution in [3.8, 4) is 0 Å². The van der Waals surface area contributed by atoms with E-state index in [4.69, 9.17) is 39.1 Å². The molecule has 0 aliphatic carbocycles. The summed E-state index contributed by atoms with van der Waals surface area (Å²) in [5.74, 6) is 0. The van der Waals surface area contributed by atoms with Crippen LogP contribution in [0.1, 0.15) is 21.1 Å². The second-order valence-electron chi connectivity index (χ2n) is 8.80. The van der Waals surface area contributed by atoms with E-state index in [1.54, 1.807) is 22.7 Å². The van der Waals surface area contributed by atoms with E-state index >= 15 is 0 Å². The van der Waals surface area contributed by atoms with Crippen molar-refractivity contribution in [1.82, 2.24) is 4.98 Å². The summed E-state index contributed by atoms with van der Waals surface area (Å²) in [5.41, 5.74) is 3.59. The van der Waals surface area contributed by atoms with Crippen LogP contribution >= 0.6 is 47.1 Å². The molecule has 3 heterocycles. The molecule has 2 aromatic carbocycles. The van der Waals surface area contributed by atoms with E-state index in [1.165, 1.54) is 0 Å². The lowest BCUT2D eigenvalue weighted by molar-refractivity contribution is 0.337. The summed E-state index contributed by atoms with van der Waals surface area (Å²) < 4.78 is 0. The van der Waals surface area contributed by atoms with Gasteiger partial charge >= 0.3 is 0 Å². The molecular formula is C33H25N5O2S4. The molecule has 44 heavy (non-hydrogen) atoms. The number of hydrogen-bond donors (Lipinski definition) is 2. The lowest BCUT2D eigenvalue weighted by atomic mass is 10.1. The van der Waals surface area contributed by atoms with Crippen LogP contribution in [0.4, 0.5) is 11.4 Å². The zero-order valence-electron chi connectivity index (χ0n) is 23.1. The molecule has 11 heteroatoms. The minimum atomic E-state index is 0.100. The molecule has 0 amide bonds. The fourth-order valence-electron chi connectivity index (χ4n) is 3.65. The number of nitrogens with zero attached hydrogens (tertiary/aromatic N) is 3. The van der Waals surface area contributed by atoms with Crippen LogP contribution in [0.3, 0.4) is 0 Å². The summed E-state index contributed by atoms with van der Waals surface area (Å²) in [6, 6.07) is 32.5. The third-order valence-electron chi connectivity index (χ3n) is 5.67. The maximum absolute atomic E-state index is 5.59. The molecule has 0 spiro atoms. The van der Waals surface area contributed by atoms with Crippen molar-refractivity contribution in [3.05, 3.63) is 147 Å². The predicted molar refractivity (Wildman–Crippen MR) is 192 cm³/mol. The fourth-order valence-corrected chi connectivity index (χ4v) is 5.19. The number of nitrogens with one attached hydrogen (secondary N) is 2. The highest BCUT2D eigenvalue weighted by molar-refractivity contribution is 7.80. The summed E-state index contributed by atoms with van der Waals surface area (Å²) in [5, 5.41) is 18.9. The summed E-state index contributed by atoms with van der Waals surface area (Å²) in [4.78, 5) is 18.1. The van der Waals surface area contributed by atoms with Gasteiger partial charge in [0.05, 0.1) is 11.4 Å². The van der Waals surface area contributed by atoms with Crippen LogP contribution in [0.25, 0.3) is 12.2 Å². The molecule has 0 saturated carbocycles. The predicted octanol–water partition coefficient (Wildman–Crippen LogP) is 8.87. The maximum atomic E-state index is 5.59. The highest BCUT2D eigenvalue weighted by atomic mass is 32.1. The number of rotatable bonds is 10. The van der Waals surface area contributed by atoms with Gasteiger partial charge in [0.25, 0.3) is 10.3 Å². The first-order valence-electron chi connectivity index (χ1n) is 13.3. The Morgan fingerprint density at radius 3 is 1.45 bits per heavy atom. The molecule has 218 valence electrons. The first-order chi connectivity index (χ1) is 21.6. The monoisotopic (exact) mass is 651 g/mol. The largest absolute Gasteiger partial charge is 0.325 e. The molecule has 5 rings (SSSR count). The normalized spacial score (nSPS) is 11.9. The zero-order chi connectivity index (χ0) is 30.4. The molecule has 7 nitrogen and oxygen atoms in total. The number of thiocarbonyl (C=S) groups is 2. The Hall–Kier alpha value is -4.81. The van der Waals surface area contributed by atoms with Crippen LogP contribution in [0, 0.1) is 0 Å². The first kappa shape index (κ1) is 30.6. The smallest absolute Gasteiger partial charge is 0.293 e. The lowest BCUT2D eigenvalue weighted by Crippen LogP contribution is -2.14. The van der Waals surface area contributed by atoms with Gasteiger partial charge in [0, 0.05) is 21.1 Å². The van der Waals surface area contributed by atoms with Crippen molar-refractivity contribution in [3.63, 3.8) is 0 Å². The van der Waals surface area contributed by atoms with Crippen LogP contribution in [0.5, 0.6) is 0 Å². The standard InChI is InChI=1S/C33H25N5O2S4/c41-32(34-24-10-3-1-4-11-24)39-37-30(20-18-26-14-8-22-43-26)28-16-7-17-29(36-28)31(21-19-27-15-9-23-44-27)38-40-33(42)35-25-12-5-2-6-13-25/h1-23H,(H,34,41)(H,35,42)/b20-18+,21-19+,37-30+,38-31+. The molecule has 0 aliphatic heterocycles. The number of para-hydroxylation sites is 2. The molecular weight excluding hydrogens is 627 g/mol. The molecule has 0 aliphatic rings. The second kappa shape index (κ2) is 16.1. The molecule has 0 atom stereocenters. The van der Waals surface area contributed by atoms with Gasteiger partial charge in [-0.3, -0.25) is 0 Å². The summed E-state index contributed by atoms with van der Waals surface area (Å²) >= 11 is 14.0. The van der Waals surface area contributed by atoms with Gasteiger partial charge in [-0.1, -0.05) is 64.9 Å². The highest BCUT2D eigenvalue weighted by Crippen LogP contribution is 2.15. The van der Waals surface area contributed by atoms with E-state index in [0.717, 1.165) is 21.1 Å². The van der Waals surface area contributed by atoms with Crippen LogP contribution in [0.15, 0.2) is 136 Å². The van der Waals surface area contributed by atoms with E-state index in [9.17, 15) is 0 Å². The van der Waals surface area contributed by atoms with E-state index in [-0.39, 0.29) is 10.3 Å². The average molecular weight is 652 g/mol. The van der Waals surface area contributed by atoms with E-state index in [0.29, 0.717) is 22.8 Å². The minimum Gasteiger partial charge on any atom is -0.325 e. The maximum Gasteiger partial charge on any atom is 0.293 e. The van der Waals surface area contributed by atoms with E-state index < -0.39 is 0 Å². The second-order valence-corrected chi connectivity index (χ2v) is 11.5. The quantitative estimate of drug-likeness (QED) is 0.0887. The molecule has 0 unspecified atom stereocenters. The van der Waals surface area contributed by atoms with Crippen molar-refractivity contribution in [1.29, 1.82) is 0 Å². The van der Waals surface area contributed by atoms with Gasteiger partial charge in [-0.15, -0.1) is 22.7 Å². The Morgan fingerprint density at radius 1 is 0.591 bits per heavy atom. The molecule has 0 bridgehead atoms. The van der Waals surface area contributed by atoms with Crippen molar-refractivity contribution >= 4 is 92.4 Å². The Morgan fingerprint density at radius 2 is 1.05 bits per heavy atom. The Balaban J connectivity index is 1.42. The highest BCUT2D eigenvalue weighted by Gasteiger charge is 2.11. The van der Waals surface area contributed by atoms with Gasteiger partial charge < -0.3 is 20.3 Å². The number of anilines is 2. The van der Waals surface area contributed by atoms with Gasteiger partial charge in [-0.25, -0.2) is 4.98 Å². The Kier molecular flexibility index (Phi) is 11.2. The zero-order valence-corrected chi connectivity index (χ0v) is 26.3. The Bertz CT molecular complexity index is 1660. The van der Waals surface area contributed by atoms with Crippen molar-refractivity contribution in [2.45, 2.75) is 0 Å². The van der Waals surface area contributed by atoms with Gasteiger partial charge in [-0.05, 0) is 108 Å².